The van der Waals surface area contributed by atoms with E-state index in [1.165, 1.54) is 0 Å². The largest absolute Gasteiger partial charge is 0.481 e. The van der Waals surface area contributed by atoms with Gasteiger partial charge in [-0.1, -0.05) is 6.42 Å². The maximum atomic E-state index is 10.1. The smallest absolute Gasteiger partial charge is 0.320 e. The molecule has 0 saturated heterocycles. The molecule has 0 fully saturated rings. The van der Waals surface area contributed by atoms with Crippen LogP contribution in [0.2, 0.25) is 0 Å². The number of carboxylic acid groups (broad SMARTS) is 3. The number of hydrogen-bond acceptors (Lipinski definition) is 5. The summed E-state index contributed by atoms with van der Waals surface area (Å²) in [5, 5.41) is 24.1. The van der Waals surface area contributed by atoms with Gasteiger partial charge in [-0.05, 0) is 19.4 Å². The molecule has 9 N–H and O–H groups in total. The van der Waals surface area contributed by atoms with Crippen LogP contribution in [0.5, 0.6) is 0 Å². The summed E-state index contributed by atoms with van der Waals surface area (Å²) in [6.07, 6.45) is 1.57. The van der Waals surface area contributed by atoms with E-state index in [2.05, 4.69) is 0 Å². The van der Waals surface area contributed by atoms with Gasteiger partial charge in [0.2, 0.25) is 0 Å². The molecule has 0 rings (SSSR count). The van der Waals surface area contributed by atoms with Crippen LogP contribution in [0, 0.1) is 0 Å². The maximum Gasteiger partial charge on any atom is 0.320 e. The zero-order valence-corrected chi connectivity index (χ0v) is 10.5. The Morgan fingerprint density at radius 3 is 1.63 bits per heavy atom. The molecule has 19 heavy (non-hydrogen) atoms. The molecule has 0 aromatic carbocycles. The molecule has 0 aliphatic rings. The van der Waals surface area contributed by atoms with Crippen molar-refractivity contribution in [2.24, 2.45) is 11.5 Å². The lowest BCUT2D eigenvalue weighted by Gasteiger charge is -2.03. The van der Waals surface area contributed by atoms with Crippen molar-refractivity contribution in [1.82, 2.24) is 0 Å². The van der Waals surface area contributed by atoms with Gasteiger partial charge in [0, 0.05) is 0 Å². The van der Waals surface area contributed by atoms with Crippen molar-refractivity contribution < 1.29 is 35.2 Å². The minimum atomic E-state index is -1.08. The first kappa shape index (κ1) is 22.5. The van der Waals surface area contributed by atoms with Crippen molar-refractivity contribution in [2.75, 3.05) is 6.54 Å². The van der Waals surface area contributed by atoms with Gasteiger partial charge in [-0.15, -0.1) is 0 Å². The van der Waals surface area contributed by atoms with Gasteiger partial charge in [0.15, 0.2) is 0 Å². The number of rotatable bonds is 8. The van der Waals surface area contributed by atoms with Gasteiger partial charge in [-0.25, -0.2) is 0 Å². The second kappa shape index (κ2) is 14.4. The SMILES string of the molecule is NCCCC[C@H](N)C(=O)O.O.O=C(O)CCC(=O)O. The molecule has 9 heteroatoms. The zero-order chi connectivity index (χ0) is 14.6. The number of carbonyl (C=O) groups is 3. The Morgan fingerprint density at radius 1 is 0.947 bits per heavy atom. The van der Waals surface area contributed by atoms with E-state index < -0.39 is 23.9 Å². The molecule has 0 aliphatic carbocycles. The van der Waals surface area contributed by atoms with Crippen molar-refractivity contribution in [3.8, 4) is 0 Å². The number of nitrogens with two attached hydrogens (primary N) is 2. The van der Waals surface area contributed by atoms with E-state index in [9.17, 15) is 14.4 Å². The van der Waals surface area contributed by atoms with E-state index in [-0.39, 0.29) is 18.3 Å². The van der Waals surface area contributed by atoms with Crippen molar-refractivity contribution in [1.29, 1.82) is 0 Å². The van der Waals surface area contributed by atoms with Gasteiger partial charge in [0.1, 0.15) is 6.04 Å². The fourth-order valence-electron chi connectivity index (χ4n) is 0.846. The summed E-state index contributed by atoms with van der Waals surface area (Å²) in [6, 6.07) is -0.716. The van der Waals surface area contributed by atoms with E-state index in [1.54, 1.807) is 0 Å². The van der Waals surface area contributed by atoms with E-state index in [1.807, 2.05) is 0 Å². The Hall–Kier alpha value is -1.71. The first-order chi connectivity index (χ1) is 8.31. The lowest BCUT2D eigenvalue weighted by atomic mass is 10.1. The van der Waals surface area contributed by atoms with Gasteiger partial charge in [0.05, 0.1) is 12.8 Å². The summed E-state index contributed by atoms with van der Waals surface area (Å²) in [4.78, 5) is 29.4. The van der Waals surface area contributed by atoms with Gasteiger partial charge in [0.25, 0.3) is 0 Å². The summed E-state index contributed by atoms with van der Waals surface area (Å²) in [5.74, 6) is -3.09. The Kier molecular flexibility index (Phi) is 17.0. The summed E-state index contributed by atoms with van der Waals surface area (Å²) in [6.45, 7) is 0.604. The summed E-state index contributed by atoms with van der Waals surface area (Å²) in [7, 11) is 0. The quantitative estimate of drug-likeness (QED) is 0.336. The fraction of sp³-hybridized carbons (Fsp3) is 0.700. The van der Waals surface area contributed by atoms with Gasteiger partial charge < -0.3 is 32.3 Å². The lowest BCUT2D eigenvalue weighted by molar-refractivity contribution is -0.143. The van der Waals surface area contributed by atoms with Crippen LogP contribution in [-0.4, -0.2) is 51.3 Å². The molecule has 114 valence electrons. The van der Waals surface area contributed by atoms with Crippen LogP contribution in [0.15, 0.2) is 0 Å². The van der Waals surface area contributed by atoms with Crippen LogP contribution >= 0.6 is 0 Å². The maximum absolute atomic E-state index is 10.1. The van der Waals surface area contributed by atoms with E-state index in [4.69, 9.17) is 26.8 Å². The Morgan fingerprint density at radius 2 is 1.37 bits per heavy atom. The molecular formula is C10H22N2O7. The minimum Gasteiger partial charge on any atom is -0.481 e. The van der Waals surface area contributed by atoms with Crippen LogP contribution in [0.3, 0.4) is 0 Å². The van der Waals surface area contributed by atoms with Crippen molar-refractivity contribution in [3.05, 3.63) is 0 Å². The molecule has 0 amide bonds. The van der Waals surface area contributed by atoms with Gasteiger partial charge in [-0.3, -0.25) is 14.4 Å². The average Bonchev–Trinajstić information content (AvgIpc) is 2.27. The predicted octanol–water partition coefficient (Wildman–Crippen LogP) is -1.36. The molecule has 0 aromatic rings. The van der Waals surface area contributed by atoms with Crippen molar-refractivity contribution >= 4 is 17.9 Å². The van der Waals surface area contributed by atoms with Crippen LogP contribution < -0.4 is 11.5 Å². The first-order valence-corrected chi connectivity index (χ1v) is 5.43. The second-order valence-electron chi connectivity index (χ2n) is 3.52. The third kappa shape index (κ3) is 22.0. The standard InChI is InChI=1S/C6H14N2O2.C4H6O4.H2O/c7-4-2-1-3-5(8)6(9)10;5-3(6)1-2-4(7)8;/h5H,1-4,7-8H2,(H,9,10);1-2H2,(H,5,6)(H,7,8);1H2/t5-;;/m0../s1. The fourth-order valence-corrected chi connectivity index (χ4v) is 0.846. The lowest BCUT2D eigenvalue weighted by Crippen LogP contribution is -2.29. The molecule has 0 spiro atoms. The third-order valence-electron chi connectivity index (χ3n) is 1.84. The molecular weight excluding hydrogens is 260 g/mol. The molecule has 0 unspecified atom stereocenters. The van der Waals surface area contributed by atoms with Crippen LogP contribution in [0.1, 0.15) is 32.1 Å². The molecule has 0 aliphatic heterocycles. The monoisotopic (exact) mass is 282 g/mol. The predicted molar refractivity (Wildman–Crippen MR) is 66.6 cm³/mol. The van der Waals surface area contributed by atoms with Crippen molar-refractivity contribution in [3.63, 3.8) is 0 Å². The van der Waals surface area contributed by atoms with Crippen molar-refractivity contribution in [2.45, 2.75) is 38.1 Å². The highest BCUT2D eigenvalue weighted by Gasteiger charge is 2.09. The Labute approximate surface area is 110 Å². The molecule has 0 heterocycles. The minimum absolute atomic E-state index is 0. The molecule has 9 nitrogen and oxygen atoms in total. The number of aliphatic carboxylic acids is 3. The molecule has 1 atom stereocenters. The van der Waals surface area contributed by atoms with E-state index in [0.717, 1.165) is 12.8 Å². The number of unbranched alkanes of at least 4 members (excludes halogenated alkanes) is 1. The highest BCUT2D eigenvalue weighted by atomic mass is 16.4. The van der Waals surface area contributed by atoms with Crippen LogP contribution in [-0.2, 0) is 14.4 Å². The Balaban J connectivity index is -0.000000262. The molecule has 0 saturated carbocycles. The molecule has 0 aromatic heterocycles. The van der Waals surface area contributed by atoms with E-state index >= 15 is 0 Å². The van der Waals surface area contributed by atoms with Crippen LogP contribution in [0.4, 0.5) is 0 Å². The summed E-state index contributed by atoms with van der Waals surface area (Å²) < 4.78 is 0. The highest BCUT2D eigenvalue weighted by Crippen LogP contribution is 1.96. The number of carboxylic acids is 3. The topological polar surface area (TPSA) is 195 Å². The number of hydrogen-bond donors (Lipinski definition) is 5. The highest BCUT2D eigenvalue weighted by molar-refractivity contribution is 5.75. The molecule has 0 radical (unpaired) electrons. The zero-order valence-electron chi connectivity index (χ0n) is 10.5. The average molecular weight is 282 g/mol. The van der Waals surface area contributed by atoms with Gasteiger partial charge >= 0.3 is 17.9 Å². The summed E-state index contributed by atoms with van der Waals surface area (Å²) in [5.41, 5.74) is 10.4. The first-order valence-electron chi connectivity index (χ1n) is 5.43. The normalized spacial score (nSPS) is 10.4. The summed E-state index contributed by atoms with van der Waals surface area (Å²) >= 11 is 0. The molecule has 0 bridgehead atoms. The van der Waals surface area contributed by atoms with Crippen LogP contribution in [0.25, 0.3) is 0 Å². The second-order valence-corrected chi connectivity index (χ2v) is 3.52. The Bertz CT molecular complexity index is 257. The van der Waals surface area contributed by atoms with E-state index in [0.29, 0.717) is 13.0 Å². The third-order valence-corrected chi connectivity index (χ3v) is 1.84. The van der Waals surface area contributed by atoms with Gasteiger partial charge in [-0.2, -0.15) is 0 Å².